The molecule has 1 aromatic rings. The summed E-state index contributed by atoms with van der Waals surface area (Å²) >= 11 is 0. The molecule has 5 heterocycles. The van der Waals surface area contributed by atoms with Crippen LogP contribution in [0.5, 0.6) is 11.5 Å². The Labute approximate surface area is 470 Å². The van der Waals surface area contributed by atoms with Crippen LogP contribution in [-0.2, 0) is 47.4 Å². The van der Waals surface area contributed by atoms with Gasteiger partial charge in [-0.3, -0.25) is 0 Å². The zero-order valence-electron chi connectivity index (χ0n) is 47.3. The van der Waals surface area contributed by atoms with E-state index < -0.39 is 153 Å². The number of ether oxygens (including phenoxy) is 10. The number of benzene rings is 1. The molecule has 23 nitrogen and oxygen atoms in total. The Morgan fingerprint density at radius 2 is 1.28 bits per heavy atom. The number of aromatic hydroxyl groups is 1. The predicted octanol–water partition coefficient (Wildman–Crippen LogP) is 0.109. The fraction of sp³-hybridized carbons (Fsp3) is 0.845. The van der Waals surface area contributed by atoms with Crippen LogP contribution in [0.15, 0.2) is 24.3 Å². The summed E-state index contributed by atoms with van der Waals surface area (Å²) in [6, 6.07) is 4.42. The van der Waals surface area contributed by atoms with Crippen molar-refractivity contribution in [3.8, 4) is 11.5 Å². The molecule has 0 amide bonds. The summed E-state index contributed by atoms with van der Waals surface area (Å²) in [5, 5.41) is 133. The molecule has 5 aliphatic carbocycles. The van der Waals surface area contributed by atoms with Crippen LogP contribution < -0.4 is 4.74 Å². The molecule has 11 rings (SSSR count). The lowest BCUT2D eigenvalue weighted by Crippen LogP contribution is -2.67. The van der Waals surface area contributed by atoms with Crippen LogP contribution in [0.4, 0.5) is 0 Å². The summed E-state index contributed by atoms with van der Waals surface area (Å²) < 4.78 is 61.2. The van der Waals surface area contributed by atoms with Gasteiger partial charge in [0.1, 0.15) is 92.1 Å². The van der Waals surface area contributed by atoms with Crippen molar-refractivity contribution in [2.45, 2.75) is 228 Å². The molecule has 5 aliphatic heterocycles. The monoisotopic (exact) mass is 1150 g/mol. The number of hydrogen-bond acceptors (Lipinski definition) is 23. The molecular formula is C58H86O23. The van der Waals surface area contributed by atoms with Crippen LogP contribution in [0.2, 0.25) is 0 Å². The number of esters is 1. The number of hydrogen-bond donors (Lipinski definition) is 12. The molecule has 23 heteroatoms. The van der Waals surface area contributed by atoms with Crippen LogP contribution in [0, 0.1) is 50.7 Å². The van der Waals surface area contributed by atoms with E-state index in [0.717, 1.165) is 51.0 Å². The maximum atomic E-state index is 13.0. The number of fused-ring (bicyclic) bond motifs is 5. The molecule has 1 aromatic carbocycles. The van der Waals surface area contributed by atoms with Gasteiger partial charge in [0.2, 0.25) is 5.79 Å². The van der Waals surface area contributed by atoms with Gasteiger partial charge >= 0.3 is 5.97 Å². The van der Waals surface area contributed by atoms with Crippen molar-refractivity contribution < 1.29 is 113 Å². The summed E-state index contributed by atoms with van der Waals surface area (Å²) in [5.41, 5.74) is -1.29. The summed E-state index contributed by atoms with van der Waals surface area (Å²) in [6.07, 6.45) is -19.7. The molecule has 456 valence electrons. The number of carbonyl (C=O) groups excluding carboxylic acids is 1. The smallest absolute Gasteiger partial charge is 0.330 e. The van der Waals surface area contributed by atoms with E-state index >= 15 is 0 Å². The van der Waals surface area contributed by atoms with Crippen molar-refractivity contribution in [1.82, 2.24) is 0 Å². The Bertz CT molecular complexity index is 2510. The highest BCUT2D eigenvalue weighted by Gasteiger charge is 2.84. The van der Waals surface area contributed by atoms with Crippen molar-refractivity contribution in [2.75, 3.05) is 26.9 Å². The number of phenolic OH excluding ortho intramolecular Hbond substituents is 1. The van der Waals surface area contributed by atoms with Crippen molar-refractivity contribution >= 4 is 12.0 Å². The van der Waals surface area contributed by atoms with E-state index in [2.05, 4.69) is 34.6 Å². The van der Waals surface area contributed by atoms with E-state index in [1.807, 2.05) is 0 Å². The van der Waals surface area contributed by atoms with Crippen molar-refractivity contribution in [3.05, 3.63) is 29.8 Å². The first-order valence-corrected chi connectivity index (χ1v) is 29.0. The van der Waals surface area contributed by atoms with Crippen LogP contribution in [0.1, 0.15) is 105 Å². The first kappa shape index (κ1) is 60.0. The Balaban J connectivity index is 0.830. The normalized spacial score (nSPS) is 52.2. The maximum absolute atomic E-state index is 13.0. The van der Waals surface area contributed by atoms with Gasteiger partial charge in [0.25, 0.3) is 0 Å². The highest BCUT2D eigenvalue weighted by atomic mass is 16.8. The molecule has 0 aromatic heterocycles. The molecule has 10 aliphatic rings. The number of aliphatic hydroxyl groups is 11. The van der Waals surface area contributed by atoms with Gasteiger partial charge in [0.15, 0.2) is 30.4 Å². The van der Waals surface area contributed by atoms with E-state index in [9.17, 15) is 66.1 Å². The fourth-order valence-corrected chi connectivity index (χ4v) is 18.3. The number of methoxy groups -OCH3 is 1. The second-order valence-electron chi connectivity index (χ2n) is 27.1. The van der Waals surface area contributed by atoms with E-state index in [4.69, 9.17) is 47.4 Å². The standard InChI is InChI=1S/C58H86O23/c1-25-37-29(80-58(71)47(25)81-53(4,5)51(58)70)20-55(7)34-13-12-33-52(2,3)35(15-16-56(33)24-57(34,56)18-17-54(37,55)6)77-49-45(42(67)39(64)31(22-60)75-49)79-50-46(78-48-44(69)41(66)38(63)30(21-59)74-48)43(68)40(65)32(76-50)23-73-36(62)14-10-26-9-11-28(72-8)27(61)19-26/h9-11,14,19,25,29-35,37-51,59-61,63-71H,12-13,15-18,20-24H2,1-8H3/b14-10+/t25-,29?,30+,31+,32+,33-,34-,35-,37-,38+,39+,40+,41-,42-,43-,44+,45+,46+,47+,48-,49-,50-,51+,54+,55-,56+,57-,58-/m0/s1. The van der Waals surface area contributed by atoms with Gasteiger partial charge in [0, 0.05) is 6.08 Å². The maximum Gasteiger partial charge on any atom is 0.330 e. The van der Waals surface area contributed by atoms with Gasteiger partial charge in [-0.25, -0.2) is 4.79 Å². The molecular weight excluding hydrogens is 1060 g/mol. The summed E-state index contributed by atoms with van der Waals surface area (Å²) in [7, 11) is 1.38. The number of rotatable bonds is 13. The Hall–Kier alpha value is -2.73. The molecule has 10 fully saturated rings. The average molecular weight is 1150 g/mol. The minimum absolute atomic E-state index is 0.0106. The quantitative estimate of drug-likeness (QED) is 0.0708. The fourth-order valence-electron chi connectivity index (χ4n) is 18.3. The number of carbonyl (C=O) groups is 1. The van der Waals surface area contributed by atoms with Gasteiger partial charge in [0.05, 0.1) is 38.1 Å². The van der Waals surface area contributed by atoms with Gasteiger partial charge in [-0.2, -0.15) is 0 Å². The lowest BCUT2D eigenvalue weighted by molar-refractivity contribution is -0.398. The van der Waals surface area contributed by atoms with E-state index in [1.165, 1.54) is 25.3 Å². The minimum Gasteiger partial charge on any atom is -0.504 e. The summed E-state index contributed by atoms with van der Waals surface area (Å²) in [5.74, 6) is -2.08. The first-order valence-electron chi connectivity index (χ1n) is 29.0. The molecule has 12 N–H and O–H groups in total. The zero-order valence-corrected chi connectivity index (χ0v) is 47.3. The van der Waals surface area contributed by atoms with Gasteiger partial charge in [-0.15, -0.1) is 0 Å². The molecule has 0 radical (unpaired) electrons. The summed E-state index contributed by atoms with van der Waals surface area (Å²) in [6.45, 7) is 12.7. The third-order valence-corrected chi connectivity index (χ3v) is 22.6. The van der Waals surface area contributed by atoms with Crippen LogP contribution in [0.3, 0.4) is 0 Å². The van der Waals surface area contributed by atoms with Crippen molar-refractivity contribution in [3.63, 3.8) is 0 Å². The number of phenols is 1. The van der Waals surface area contributed by atoms with E-state index in [-0.39, 0.29) is 57.0 Å². The first-order chi connectivity index (χ1) is 38.1. The second-order valence-corrected chi connectivity index (χ2v) is 27.1. The largest absolute Gasteiger partial charge is 0.504 e. The average Bonchev–Trinajstić information content (AvgIpc) is 1.56. The molecule has 5 saturated carbocycles. The van der Waals surface area contributed by atoms with Crippen LogP contribution >= 0.6 is 0 Å². The van der Waals surface area contributed by atoms with Crippen molar-refractivity contribution in [1.29, 1.82) is 0 Å². The summed E-state index contributed by atoms with van der Waals surface area (Å²) in [4.78, 5) is 13.0. The second kappa shape index (κ2) is 21.0. The SMILES string of the molecule is COc1ccc(/C=C/C(=O)OC[C@H]2O[C@@H](O[C@H]3[C@H](O[C@H]4CC[C@]56C[C@]57CC[C@]5(C)[C@@H]8C(C[C@@]5(C)[C@@H]7CC[C@H]6C4(C)C)O[C@@]4(O)[C@H](OC(C)(C)[C@H]4O)[C@H]8C)O[C@H](CO)[C@@H](O)[C@@H]3O)[C@H](O[C@@H]3O[C@H](CO)[C@@H](O)[C@H](O)[C@H]3O)[C@@H](O)[C@@H]2O)cc1O. The highest BCUT2D eigenvalue weighted by Crippen LogP contribution is 2.89. The van der Waals surface area contributed by atoms with Gasteiger partial charge < -0.3 is 109 Å². The van der Waals surface area contributed by atoms with Crippen LogP contribution in [0.25, 0.3) is 6.08 Å². The lowest BCUT2D eigenvalue weighted by Gasteiger charge is -2.63. The third kappa shape index (κ3) is 9.11. The van der Waals surface area contributed by atoms with Gasteiger partial charge in [-0.1, -0.05) is 40.7 Å². The molecule has 1 unspecified atom stereocenters. The van der Waals surface area contributed by atoms with E-state index in [1.54, 1.807) is 19.9 Å². The highest BCUT2D eigenvalue weighted by molar-refractivity contribution is 5.87. The zero-order chi connectivity index (χ0) is 58.5. The molecule has 0 bridgehead atoms. The molecule has 5 saturated heterocycles. The Kier molecular flexibility index (Phi) is 15.6. The topological polar surface area (TPSA) is 352 Å². The van der Waals surface area contributed by atoms with Crippen LogP contribution in [-0.4, -0.2) is 222 Å². The number of aliphatic hydroxyl groups excluding tert-OH is 10. The van der Waals surface area contributed by atoms with Crippen molar-refractivity contribution in [2.24, 2.45) is 50.7 Å². The Morgan fingerprint density at radius 1 is 0.691 bits per heavy atom. The van der Waals surface area contributed by atoms with E-state index in [0.29, 0.717) is 17.9 Å². The minimum atomic E-state index is -2.02. The third-order valence-electron chi connectivity index (χ3n) is 22.6. The molecule has 28 atom stereocenters. The Morgan fingerprint density at radius 3 is 1.94 bits per heavy atom. The molecule has 2 spiro atoms. The lowest BCUT2D eigenvalue weighted by atomic mass is 9.41. The molecule has 81 heavy (non-hydrogen) atoms. The predicted molar refractivity (Wildman–Crippen MR) is 278 cm³/mol. The van der Waals surface area contributed by atoms with Gasteiger partial charge in [-0.05, 0) is 140 Å².